The predicted molar refractivity (Wildman–Crippen MR) is 132 cm³/mol. The van der Waals surface area contributed by atoms with Gasteiger partial charge in [0.25, 0.3) is 0 Å². The Hall–Kier alpha value is -3.39. The third-order valence-corrected chi connectivity index (χ3v) is 7.03. The molecule has 1 aliphatic carbocycles. The molecule has 2 amide bonds. The zero-order valence-electron chi connectivity index (χ0n) is 20.0. The van der Waals surface area contributed by atoms with Crippen molar-refractivity contribution in [2.24, 2.45) is 11.7 Å². The summed E-state index contributed by atoms with van der Waals surface area (Å²) in [6.07, 6.45) is 2.69. The van der Waals surface area contributed by atoms with Crippen molar-refractivity contribution in [1.29, 1.82) is 0 Å². The molecule has 2 aromatic carbocycles. The van der Waals surface area contributed by atoms with Gasteiger partial charge in [-0.05, 0) is 54.0 Å². The molecule has 4 N–H and O–H groups in total. The van der Waals surface area contributed by atoms with Gasteiger partial charge in [0, 0.05) is 5.92 Å². The quantitative estimate of drug-likeness (QED) is 0.548. The van der Waals surface area contributed by atoms with Gasteiger partial charge in [0.05, 0.1) is 7.11 Å². The van der Waals surface area contributed by atoms with Gasteiger partial charge in [0.1, 0.15) is 18.7 Å². The Balaban J connectivity index is 1.47. The highest BCUT2D eigenvalue weighted by molar-refractivity contribution is 5.90. The molecule has 0 saturated carbocycles. The van der Waals surface area contributed by atoms with Gasteiger partial charge in [-0.3, -0.25) is 4.79 Å². The third kappa shape index (κ3) is 5.48. The summed E-state index contributed by atoms with van der Waals surface area (Å²) in [7, 11) is 1.30. The molecule has 0 radical (unpaired) electrons. The van der Waals surface area contributed by atoms with Crippen LogP contribution in [0.2, 0.25) is 0 Å². The van der Waals surface area contributed by atoms with Crippen LogP contribution in [0.4, 0.5) is 4.79 Å². The summed E-state index contributed by atoms with van der Waals surface area (Å²) in [5.41, 5.74) is 10.3. The Morgan fingerprint density at radius 3 is 2.29 bits per heavy atom. The second-order valence-electron chi connectivity index (χ2n) is 9.15. The highest BCUT2D eigenvalue weighted by atomic mass is 16.5. The largest absolute Gasteiger partial charge is 0.467 e. The fourth-order valence-electron chi connectivity index (χ4n) is 5.26. The number of carbonyl (C=O) groups excluding carboxylic acids is 3. The fraction of sp³-hybridized carbons (Fsp3) is 0.444. The fourth-order valence-corrected chi connectivity index (χ4v) is 5.26. The summed E-state index contributed by atoms with van der Waals surface area (Å²) in [6.45, 7) is 0.543. The summed E-state index contributed by atoms with van der Waals surface area (Å²) in [4.78, 5) is 38.1. The lowest BCUT2D eigenvalue weighted by Gasteiger charge is -2.27. The molecule has 3 unspecified atom stereocenters. The van der Waals surface area contributed by atoms with Gasteiger partial charge in [-0.15, -0.1) is 0 Å². The molecule has 2 aromatic rings. The molecular weight excluding hydrogens is 446 g/mol. The molecule has 8 heteroatoms. The first-order valence-electron chi connectivity index (χ1n) is 12.2. The molecule has 3 atom stereocenters. The average Bonchev–Trinajstić information content (AvgIpc) is 3.22. The molecule has 1 fully saturated rings. The van der Waals surface area contributed by atoms with E-state index in [2.05, 4.69) is 34.9 Å². The van der Waals surface area contributed by atoms with Crippen LogP contribution in [0.1, 0.15) is 49.1 Å². The average molecular weight is 480 g/mol. The van der Waals surface area contributed by atoms with Crippen LogP contribution in [0.3, 0.4) is 0 Å². The van der Waals surface area contributed by atoms with Crippen LogP contribution in [0.5, 0.6) is 0 Å². The zero-order valence-corrected chi connectivity index (χ0v) is 20.0. The maximum absolute atomic E-state index is 13.1. The maximum atomic E-state index is 13.1. The molecule has 1 aliphatic heterocycles. The zero-order chi connectivity index (χ0) is 24.8. The van der Waals surface area contributed by atoms with E-state index >= 15 is 0 Å². The number of rotatable bonds is 6. The molecule has 0 aromatic heterocycles. The van der Waals surface area contributed by atoms with Crippen molar-refractivity contribution < 1.29 is 23.9 Å². The van der Waals surface area contributed by atoms with Crippen LogP contribution in [0, 0.1) is 5.92 Å². The van der Waals surface area contributed by atoms with Crippen LogP contribution >= 0.6 is 0 Å². The van der Waals surface area contributed by atoms with E-state index in [1.807, 2.05) is 24.3 Å². The molecule has 0 bridgehead atoms. The standard InChI is InChI=1S/C27H33N3O5/c1-34-26(32)23-13-7-2-8-17(14-15-28)24(25(31)29-23)30-27(33)35-16-22-20-11-5-3-9-18(20)19-10-4-6-12-21(19)22/h3-6,9-12,17,22-24H,2,7-8,13-16,28H2,1H3,(H,29,31)(H,30,33). The van der Waals surface area contributed by atoms with E-state index in [0.29, 0.717) is 25.8 Å². The van der Waals surface area contributed by atoms with Crippen LogP contribution in [-0.2, 0) is 19.1 Å². The summed E-state index contributed by atoms with van der Waals surface area (Å²) >= 11 is 0. The van der Waals surface area contributed by atoms with E-state index in [1.54, 1.807) is 0 Å². The van der Waals surface area contributed by atoms with Crippen LogP contribution < -0.4 is 16.4 Å². The number of fused-ring (bicyclic) bond motifs is 3. The number of amides is 2. The number of nitrogens with one attached hydrogen (secondary N) is 2. The number of benzene rings is 2. The summed E-state index contributed by atoms with van der Waals surface area (Å²) in [5, 5.41) is 5.52. The Morgan fingerprint density at radius 2 is 1.66 bits per heavy atom. The van der Waals surface area contributed by atoms with Gasteiger partial charge >= 0.3 is 12.1 Å². The van der Waals surface area contributed by atoms with Crippen molar-refractivity contribution in [3.8, 4) is 11.1 Å². The van der Waals surface area contributed by atoms with Gasteiger partial charge in [0.2, 0.25) is 5.91 Å². The highest BCUT2D eigenvalue weighted by Crippen LogP contribution is 2.44. The van der Waals surface area contributed by atoms with E-state index in [-0.39, 0.29) is 18.4 Å². The first kappa shape index (κ1) is 24.7. The van der Waals surface area contributed by atoms with Crippen molar-refractivity contribution >= 4 is 18.0 Å². The number of methoxy groups -OCH3 is 1. The number of ether oxygens (including phenoxy) is 2. The Kier molecular flexibility index (Phi) is 8.02. The SMILES string of the molecule is COC(=O)C1CCCCC(CCN)C(NC(=O)OCC2c3ccccc3-c3ccccc32)C(=O)N1. The van der Waals surface area contributed by atoms with Gasteiger partial charge in [-0.25, -0.2) is 9.59 Å². The minimum Gasteiger partial charge on any atom is -0.467 e. The van der Waals surface area contributed by atoms with Crippen molar-refractivity contribution in [2.75, 3.05) is 20.3 Å². The first-order valence-corrected chi connectivity index (χ1v) is 12.2. The van der Waals surface area contributed by atoms with Crippen molar-refractivity contribution in [3.05, 3.63) is 59.7 Å². The number of esters is 1. The molecule has 186 valence electrons. The summed E-state index contributed by atoms with van der Waals surface area (Å²) < 4.78 is 10.5. The normalized spacial score (nSPS) is 22.0. The Labute approximate surface area is 205 Å². The minimum absolute atomic E-state index is 0.0777. The van der Waals surface area contributed by atoms with Gasteiger partial charge in [-0.1, -0.05) is 61.4 Å². The lowest BCUT2D eigenvalue weighted by Crippen LogP contribution is -2.54. The van der Waals surface area contributed by atoms with Crippen LogP contribution in [-0.4, -0.2) is 50.3 Å². The Bertz CT molecular complexity index is 1030. The first-order chi connectivity index (χ1) is 17.0. The third-order valence-electron chi connectivity index (χ3n) is 7.03. The number of alkyl carbamates (subject to hydrolysis) is 1. The Morgan fingerprint density at radius 1 is 1.03 bits per heavy atom. The number of hydrogen-bond donors (Lipinski definition) is 3. The van der Waals surface area contributed by atoms with Gasteiger partial charge < -0.3 is 25.8 Å². The van der Waals surface area contributed by atoms with E-state index in [0.717, 1.165) is 35.1 Å². The molecule has 35 heavy (non-hydrogen) atoms. The minimum atomic E-state index is -0.848. The molecule has 8 nitrogen and oxygen atoms in total. The van der Waals surface area contributed by atoms with E-state index in [4.69, 9.17) is 15.2 Å². The summed E-state index contributed by atoms with van der Waals surface area (Å²) in [6, 6.07) is 14.6. The van der Waals surface area contributed by atoms with E-state index in [1.165, 1.54) is 7.11 Å². The van der Waals surface area contributed by atoms with E-state index in [9.17, 15) is 14.4 Å². The number of hydrogen-bond acceptors (Lipinski definition) is 6. The number of carbonyl (C=O) groups is 3. The molecule has 0 spiro atoms. The van der Waals surface area contributed by atoms with Gasteiger partial charge in [0.15, 0.2) is 0 Å². The molecule has 1 saturated heterocycles. The number of nitrogens with two attached hydrogens (primary N) is 1. The summed E-state index contributed by atoms with van der Waals surface area (Å²) in [5.74, 6) is -1.15. The smallest absolute Gasteiger partial charge is 0.407 e. The monoisotopic (exact) mass is 479 g/mol. The van der Waals surface area contributed by atoms with Gasteiger partial charge in [-0.2, -0.15) is 0 Å². The molecular formula is C27H33N3O5. The van der Waals surface area contributed by atoms with E-state index < -0.39 is 30.1 Å². The second-order valence-corrected chi connectivity index (χ2v) is 9.15. The van der Waals surface area contributed by atoms with Crippen LogP contribution in [0.25, 0.3) is 11.1 Å². The molecule has 4 rings (SSSR count). The lowest BCUT2D eigenvalue weighted by molar-refractivity contribution is -0.145. The highest BCUT2D eigenvalue weighted by Gasteiger charge is 2.35. The van der Waals surface area contributed by atoms with Crippen LogP contribution in [0.15, 0.2) is 48.5 Å². The van der Waals surface area contributed by atoms with Crippen molar-refractivity contribution in [3.63, 3.8) is 0 Å². The van der Waals surface area contributed by atoms with Crippen molar-refractivity contribution in [2.45, 2.75) is 50.1 Å². The second kappa shape index (κ2) is 11.4. The maximum Gasteiger partial charge on any atom is 0.407 e. The predicted octanol–water partition coefficient (Wildman–Crippen LogP) is 3.09. The topological polar surface area (TPSA) is 120 Å². The van der Waals surface area contributed by atoms with Crippen molar-refractivity contribution in [1.82, 2.24) is 10.6 Å². The molecule has 1 heterocycles. The lowest BCUT2D eigenvalue weighted by atomic mass is 9.90. The molecule has 2 aliphatic rings.